The SMILES string of the molecule is O=C(Cc1cc(F)ccc1Br)CC1CCC1. The molecule has 0 aromatic heterocycles. The Hall–Kier alpha value is -0.700. The number of halogens is 2. The topological polar surface area (TPSA) is 17.1 Å². The molecule has 0 unspecified atom stereocenters. The summed E-state index contributed by atoms with van der Waals surface area (Å²) < 4.78 is 13.8. The van der Waals surface area contributed by atoms with Crippen molar-refractivity contribution < 1.29 is 9.18 Å². The molecule has 86 valence electrons. The van der Waals surface area contributed by atoms with Gasteiger partial charge in [0.25, 0.3) is 0 Å². The van der Waals surface area contributed by atoms with Crippen molar-refractivity contribution in [2.75, 3.05) is 0 Å². The molecule has 16 heavy (non-hydrogen) atoms. The normalized spacial score (nSPS) is 15.9. The first-order valence-corrected chi connectivity index (χ1v) is 6.40. The lowest BCUT2D eigenvalue weighted by Gasteiger charge is -2.24. The molecule has 1 aromatic carbocycles. The first-order valence-electron chi connectivity index (χ1n) is 5.61. The summed E-state index contributed by atoms with van der Waals surface area (Å²) in [5.41, 5.74) is 0.754. The number of carbonyl (C=O) groups excluding carboxylic acids is 1. The van der Waals surface area contributed by atoms with Gasteiger partial charge in [0.05, 0.1) is 0 Å². The van der Waals surface area contributed by atoms with Gasteiger partial charge in [-0.2, -0.15) is 0 Å². The summed E-state index contributed by atoms with van der Waals surface area (Å²) in [6, 6.07) is 4.48. The molecular formula is C13H14BrFO. The molecule has 0 radical (unpaired) electrons. The van der Waals surface area contributed by atoms with E-state index in [4.69, 9.17) is 0 Å². The average Bonchev–Trinajstić information content (AvgIpc) is 2.18. The van der Waals surface area contributed by atoms with Gasteiger partial charge in [-0.1, -0.05) is 35.2 Å². The molecule has 0 N–H and O–H groups in total. The summed E-state index contributed by atoms with van der Waals surface area (Å²) in [4.78, 5) is 11.7. The molecule has 0 bridgehead atoms. The van der Waals surface area contributed by atoms with Crippen molar-refractivity contribution >= 4 is 21.7 Å². The van der Waals surface area contributed by atoms with Gasteiger partial charge >= 0.3 is 0 Å². The molecular weight excluding hydrogens is 271 g/mol. The molecule has 1 aliphatic rings. The highest BCUT2D eigenvalue weighted by atomic mass is 79.9. The van der Waals surface area contributed by atoms with Crippen LogP contribution < -0.4 is 0 Å². The highest BCUT2D eigenvalue weighted by Crippen LogP contribution is 2.30. The summed E-state index contributed by atoms with van der Waals surface area (Å²) in [5.74, 6) is 0.519. The zero-order valence-electron chi connectivity index (χ0n) is 9.01. The highest BCUT2D eigenvalue weighted by Gasteiger charge is 2.21. The second-order valence-electron chi connectivity index (χ2n) is 4.45. The predicted molar refractivity (Wildman–Crippen MR) is 64.8 cm³/mol. The minimum absolute atomic E-state index is 0.219. The van der Waals surface area contributed by atoms with Gasteiger partial charge in [0.15, 0.2) is 0 Å². The van der Waals surface area contributed by atoms with Crippen LogP contribution in [0.3, 0.4) is 0 Å². The minimum atomic E-state index is -0.283. The summed E-state index contributed by atoms with van der Waals surface area (Å²) in [7, 11) is 0. The first kappa shape index (κ1) is 11.8. The lowest BCUT2D eigenvalue weighted by atomic mass is 9.81. The zero-order chi connectivity index (χ0) is 11.5. The lowest BCUT2D eigenvalue weighted by Crippen LogP contribution is -2.17. The Morgan fingerprint density at radius 2 is 2.19 bits per heavy atom. The van der Waals surface area contributed by atoms with Crippen molar-refractivity contribution in [1.29, 1.82) is 0 Å². The maximum Gasteiger partial charge on any atom is 0.137 e. The standard InChI is InChI=1S/C13H14BrFO/c14-13-5-4-11(15)7-10(13)8-12(16)6-9-2-1-3-9/h4-5,7,9H,1-3,6,8H2. The van der Waals surface area contributed by atoms with Crippen LogP contribution in [0.5, 0.6) is 0 Å². The van der Waals surface area contributed by atoms with Gasteiger partial charge in [-0.25, -0.2) is 4.39 Å². The quantitative estimate of drug-likeness (QED) is 0.820. The highest BCUT2D eigenvalue weighted by molar-refractivity contribution is 9.10. The van der Waals surface area contributed by atoms with Crippen molar-refractivity contribution in [1.82, 2.24) is 0 Å². The summed E-state index contributed by atoms with van der Waals surface area (Å²) in [5, 5.41) is 0. The van der Waals surface area contributed by atoms with E-state index >= 15 is 0 Å². The van der Waals surface area contributed by atoms with Gasteiger partial charge in [-0.3, -0.25) is 4.79 Å². The molecule has 0 heterocycles. The molecule has 0 atom stereocenters. The maximum atomic E-state index is 13.0. The summed E-state index contributed by atoms with van der Waals surface area (Å²) in [6.45, 7) is 0. The van der Waals surface area contributed by atoms with Crippen LogP contribution in [0.15, 0.2) is 22.7 Å². The largest absolute Gasteiger partial charge is 0.299 e. The first-order chi connectivity index (χ1) is 7.65. The third-order valence-corrected chi connectivity index (χ3v) is 3.91. The fourth-order valence-electron chi connectivity index (χ4n) is 1.98. The van der Waals surface area contributed by atoms with E-state index in [1.807, 2.05) is 0 Å². The van der Waals surface area contributed by atoms with Crippen LogP contribution in [0, 0.1) is 11.7 Å². The van der Waals surface area contributed by atoms with Crippen molar-refractivity contribution in [2.24, 2.45) is 5.92 Å². The van der Waals surface area contributed by atoms with Gasteiger partial charge < -0.3 is 0 Å². The summed E-state index contributed by atoms with van der Waals surface area (Å²) in [6.07, 6.45) is 4.60. The number of hydrogen-bond acceptors (Lipinski definition) is 1. The van der Waals surface area contributed by atoms with E-state index in [2.05, 4.69) is 15.9 Å². The molecule has 1 fully saturated rings. The van der Waals surface area contributed by atoms with Gasteiger partial charge in [-0.15, -0.1) is 0 Å². The van der Waals surface area contributed by atoms with Gasteiger partial charge in [0, 0.05) is 17.3 Å². The third kappa shape index (κ3) is 2.91. The Morgan fingerprint density at radius 1 is 1.44 bits per heavy atom. The lowest BCUT2D eigenvalue weighted by molar-refractivity contribution is -0.119. The predicted octanol–water partition coefficient (Wildman–Crippen LogP) is 3.89. The number of benzene rings is 1. The third-order valence-electron chi connectivity index (χ3n) is 3.14. The fraction of sp³-hybridized carbons (Fsp3) is 0.462. The van der Waals surface area contributed by atoms with E-state index in [0.29, 0.717) is 18.8 Å². The van der Waals surface area contributed by atoms with Crippen molar-refractivity contribution in [3.8, 4) is 0 Å². The van der Waals surface area contributed by atoms with Crippen LogP contribution in [0.2, 0.25) is 0 Å². The van der Waals surface area contributed by atoms with Crippen LogP contribution in [-0.2, 0) is 11.2 Å². The Kier molecular flexibility index (Phi) is 3.74. The van der Waals surface area contributed by atoms with Crippen LogP contribution in [0.25, 0.3) is 0 Å². The molecule has 1 nitrogen and oxygen atoms in total. The van der Waals surface area contributed by atoms with Gasteiger partial charge in [0.2, 0.25) is 0 Å². The van der Waals surface area contributed by atoms with E-state index in [0.717, 1.165) is 10.0 Å². The number of hydrogen-bond donors (Lipinski definition) is 0. The molecule has 1 aromatic rings. The number of ketones is 1. The molecule has 0 aliphatic heterocycles. The monoisotopic (exact) mass is 284 g/mol. The molecule has 0 saturated heterocycles. The second kappa shape index (κ2) is 5.09. The average molecular weight is 285 g/mol. The molecule has 1 saturated carbocycles. The van der Waals surface area contributed by atoms with Crippen LogP contribution in [0.4, 0.5) is 4.39 Å². The molecule has 3 heteroatoms. The Bertz CT molecular complexity index is 399. The Labute approximate surface area is 103 Å². The molecule has 0 amide bonds. The Morgan fingerprint density at radius 3 is 2.81 bits per heavy atom. The van der Waals surface area contributed by atoms with Gasteiger partial charge in [-0.05, 0) is 29.7 Å². The van der Waals surface area contributed by atoms with Crippen LogP contribution >= 0.6 is 15.9 Å². The van der Waals surface area contributed by atoms with Crippen molar-refractivity contribution in [3.63, 3.8) is 0 Å². The maximum absolute atomic E-state index is 13.0. The number of rotatable bonds is 4. The second-order valence-corrected chi connectivity index (χ2v) is 5.31. The van der Waals surface area contributed by atoms with E-state index in [9.17, 15) is 9.18 Å². The van der Waals surface area contributed by atoms with E-state index < -0.39 is 0 Å². The molecule has 1 aliphatic carbocycles. The van der Waals surface area contributed by atoms with Crippen LogP contribution in [0.1, 0.15) is 31.2 Å². The van der Waals surface area contributed by atoms with Crippen molar-refractivity contribution in [2.45, 2.75) is 32.1 Å². The van der Waals surface area contributed by atoms with Crippen molar-refractivity contribution in [3.05, 3.63) is 34.1 Å². The van der Waals surface area contributed by atoms with E-state index in [-0.39, 0.29) is 11.6 Å². The zero-order valence-corrected chi connectivity index (χ0v) is 10.6. The summed E-state index contributed by atoms with van der Waals surface area (Å²) >= 11 is 3.34. The van der Waals surface area contributed by atoms with Crippen LogP contribution in [-0.4, -0.2) is 5.78 Å². The molecule has 0 spiro atoms. The number of Topliss-reactive ketones (excluding diaryl/α,β-unsaturated/α-hetero) is 1. The minimum Gasteiger partial charge on any atom is -0.299 e. The van der Waals surface area contributed by atoms with Gasteiger partial charge in [0.1, 0.15) is 11.6 Å². The number of carbonyl (C=O) groups is 1. The smallest absolute Gasteiger partial charge is 0.137 e. The Balaban J connectivity index is 1.96. The van der Waals surface area contributed by atoms with E-state index in [1.165, 1.54) is 31.4 Å². The molecule has 2 rings (SSSR count). The van der Waals surface area contributed by atoms with E-state index in [1.54, 1.807) is 6.07 Å². The fourth-order valence-corrected chi connectivity index (χ4v) is 2.37.